The first-order valence-electron chi connectivity index (χ1n) is 6.65. The van der Waals surface area contributed by atoms with Gasteiger partial charge in [0, 0.05) is 29.3 Å². The number of anilines is 1. The van der Waals surface area contributed by atoms with Crippen molar-refractivity contribution in [1.82, 2.24) is 5.32 Å². The van der Waals surface area contributed by atoms with Crippen molar-refractivity contribution in [2.24, 2.45) is 5.73 Å². The van der Waals surface area contributed by atoms with Crippen LogP contribution in [0, 0.1) is 0 Å². The molecule has 1 aliphatic rings. The first kappa shape index (κ1) is 15.1. The molecule has 1 aromatic rings. The van der Waals surface area contributed by atoms with Crippen LogP contribution in [-0.2, 0) is 4.74 Å². The minimum Gasteiger partial charge on any atom is -0.453 e. The molecule has 3 N–H and O–H groups in total. The summed E-state index contributed by atoms with van der Waals surface area (Å²) in [5.74, 6) is 0. The number of halogens is 1. The molecule has 0 bridgehead atoms. The minimum atomic E-state index is -0.375. The Kier molecular flexibility index (Phi) is 4.88. The van der Waals surface area contributed by atoms with Gasteiger partial charge in [0.25, 0.3) is 0 Å². The second-order valence-electron chi connectivity index (χ2n) is 5.06. The second-order valence-corrected chi connectivity index (χ2v) is 5.98. The molecule has 0 radical (unpaired) electrons. The molecule has 0 aromatic heterocycles. The lowest BCUT2D eigenvalue weighted by atomic mass is 10.1. The van der Waals surface area contributed by atoms with E-state index in [-0.39, 0.29) is 18.2 Å². The molecule has 0 aliphatic carbocycles. The van der Waals surface area contributed by atoms with Gasteiger partial charge in [0.05, 0.1) is 13.2 Å². The van der Waals surface area contributed by atoms with Gasteiger partial charge < -0.3 is 20.7 Å². The van der Waals surface area contributed by atoms with Crippen molar-refractivity contribution < 1.29 is 9.53 Å². The van der Waals surface area contributed by atoms with Gasteiger partial charge >= 0.3 is 6.09 Å². The van der Waals surface area contributed by atoms with E-state index >= 15 is 0 Å². The Bertz CT molecular complexity index is 493. The third-order valence-corrected chi connectivity index (χ3v) is 4.01. The number of methoxy groups -OCH3 is 1. The molecule has 6 heteroatoms. The van der Waals surface area contributed by atoms with E-state index < -0.39 is 0 Å². The molecule has 2 rings (SSSR count). The van der Waals surface area contributed by atoms with Crippen LogP contribution in [0.15, 0.2) is 22.7 Å². The standard InChI is InChI=1S/C14H20BrN3O2/c1-9(16)12-7-10(15)3-4-13(12)18-6-5-11(8-18)17-14(19)20-2/h3-4,7,9,11H,5-6,8,16H2,1-2H3,(H,17,19). The Morgan fingerprint density at radius 2 is 2.35 bits per heavy atom. The molecule has 0 saturated carbocycles. The molecular formula is C14H20BrN3O2. The average Bonchev–Trinajstić information content (AvgIpc) is 2.86. The maximum absolute atomic E-state index is 11.3. The van der Waals surface area contributed by atoms with Crippen LogP contribution in [0.1, 0.15) is 24.9 Å². The number of amides is 1. The van der Waals surface area contributed by atoms with E-state index in [2.05, 4.69) is 43.0 Å². The number of alkyl carbamates (subject to hydrolysis) is 1. The molecule has 20 heavy (non-hydrogen) atoms. The smallest absolute Gasteiger partial charge is 0.407 e. The van der Waals surface area contributed by atoms with Crippen molar-refractivity contribution in [3.63, 3.8) is 0 Å². The van der Waals surface area contributed by atoms with E-state index in [1.807, 2.05) is 13.0 Å². The summed E-state index contributed by atoms with van der Waals surface area (Å²) in [5.41, 5.74) is 8.30. The first-order valence-corrected chi connectivity index (χ1v) is 7.45. The average molecular weight is 342 g/mol. The summed E-state index contributed by atoms with van der Waals surface area (Å²) in [7, 11) is 1.38. The lowest BCUT2D eigenvalue weighted by molar-refractivity contribution is 0.167. The number of nitrogens with one attached hydrogen (secondary N) is 1. The molecule has 1 fully saturated rings. The third kappa shape index (κ3) is 3.43. The topological polar surface area (TPSA) is 67.6 Å². The number of carbonyl (C=O) groups excluding carboxylic acids is 1. The molecule has 1 saturated heterocycles. The van der Waals surface area contributed by atoms with Crippen LogP contribution in [0.3, 0.4) is 0 Å². The van der Waals surface area contributed by atoms with Crippen LogP contribution in [0.25, 0.3) is 0 Å². The largest absolute Gasteiger partial charge is 0.453 e. The summed E-state index contributed by atoms with van der Waals surface area (Å²) in [6.45, 7) is 3.65. The highest BCUT2D eigenvalue weighted by Crippen LogP contribution is 2.30. The van der Waals surface area contributed by atoms with E-state index in [4.69, 9.17) is 5.73 Å². The third-order valence-electron chi connectivity index (χ3n) is 3.52. The Morgan fingerprint density at radius 1 is 1.60 bits per heavy atom. The molecule has 1 aromatic carbocycles. The minimum absolute atomic E-state index is 0.0323. The number of nitrogens with zero attached hydrogens (tertiary/aromatic N) is 1. The van der Waals surface area contributed by atoms with Crippen LogP contribution >= 0.6 is 15.9 Å². The van der Waals surface area contributed by atoms with E-state index in [0.29, 0.717) is 0 Å². The lowest BCUT2D eigenvalue weighted by Gasteiger charge is -2.24. The van der Waals surface area contributed by atoms with E-state index in [1.165, 1.54) is 7.11 Å². The summed E-state index contributed by atoms with van der Waals surface area (Å²) in [6.07, 6.45) is 0.531. The molecular weight excluding hydrogens is 322 g/mol. The summed E-state index contributed by atoms with van der Waals surface area (Å²) in [4.78, 5) is 13.5. The monoisotopic (exact) mass is 341 g/mol. The molecule has 1 aliphatic heterocycles. The van der Waals surface area contributed by atoms with E-state index in [0.717, 1.165) is 35.2 Å². The number of ether oxygens (including phenoxy) is 1. The number of benzene rings is 1. The van der Waals surface area contributed by atoms with E-state index in [9.17, 15) is 4.79 Å². The fraction of sp³-hybridized carbons (Fsp3) is 0.500. The zero-order valence-corrected chi connectivity index (χ0v) is 13.3. The van der Waals surface area contributed by atoms with Gasteiger partial charge in [-0.25, -0.2) is 4.79 Å². The zero-order chi connectivity index (χ0) is 14.7. The maximum atomic E-state index is 11.3. The van der Waals surface area contributed by atoms with E-state index in [1.54, 1.807) is 0 Å². The van der Waals surface area contributed by atoms with Gasteiger partial charge in [-0.1, -0.05) is 15.9 Å². The Hall–Kier alpha value is -1.27. The Balaban J connectivity index is 2.12. The molecule has 2 atom stereocenters. The van der Waals surface area contributed by atoms with Crippen molar-refractivity contribution in [2.45, 2.75) is 25.4 Å². The van der Waals surface area contributed by atoms with Crippen LogP contribution in [0.5, 0.6) is 0 Å². The summed E-state index contributed by atoms with van der Waals surface area (Å²) in [5, 5.41) is 2.85. The number of hydrogen-bond acceptors (Lipinski definition) is 4. The molecule has 110 valence electrons. The molecule has 0 spiro atoms. The summed E-state index contributed by atoms with van der Waals surface area (Å²) >= 11 is 3.48. The Morgan fingerprint density at radius 3 is 3.00 bits per heavy atom. The fourth-order valence-electron chi connectivity index (χ4n) is 2.50. The van der Waals surface area contributed by atoms with Crippen LogP contribution in [-0.4, -0.2) is 32.3 Å². The molecule has 5 nitrogen and oxygen atoms in total. The number of hydrogen-bond donors (Lipinski definition) is 2. The predicted molar refractivity (Wildman–Crippen MR) is 82.9 cm³/mol. The fourth-order valence-corrected chi connectivity index (χ4v) is 2.88. The summed E-state index contributed by atoms with van der Waals surface area (Å²) < 4.78 is 5.66. The van der Waals surface area contributed by atoms with Crippen LogP contribution < -0.4 is 16.0 Å². The van der Waals surface area contributed by atoms with Crippen molar-refractivity contribution in [1.29, 1.82) is 0 Å². The van der Waals surface area contributed by atoms with Gasteiger partial charge in [-0.2, -0.15) is 0 Å². The quantitative estimate of drug-likeness (QED) is 0.885. The number of carbonyl (C=O) groups is 1. The van der Waals surface area contributed by atoms with Crippen LogP contribution in [0.4, 0.5) is 10.5 Å². The zero-order valence-electron chi connectivity index (χ0n) is 11.7. The maximum Gasteiger partial charge on any atom is 0.407 e. The predicted octanol–water partition coefficient (Wildman–Crippen LogP) is 2.40. The Labute approximate surface area is 127 Å². The highest BCUT2D eigenvalue weighted by molar-refractivity contribution is 9.10. The first-order chi connectivity index (χ1) is 9.51. The van der Waals surface area contributed by atoms with Crippen molar-refractivity contribution in [2.75, 3.05) is 25.1 Å². The number of rotatable bonds is 3. The van der Waals surface area contributed by atoms with Crippen molar-refractivity contribution in [3.05, 3.63) is 28.2 Å². The summed E-state index contributed by atoms with van der Waals surface area (Å²) in [6, 6.07) is 6.23. The SMILES string of the molecule is COC(=O)NC1CCN(c2ccc(Br)cc2C(C)N)C1. The van der Waals surface area contributed by atoms with Gasteiger partial charge in [-0.15, -0.1) is 0 Å². The normalized spacial score (nSPS) is 19.8. The van der Waals surface area contributed by atoms with Gasteiger partial charge in [0.2, 0.25) is 0 Å². The van der Waals surface area contributed by atoms with Crippen LogP contribution in [0.2, 0.25) is 0 Å². The molecule has 2 unspecified atom stereocenters. The van der Waals surface area contributed by atoms with Crippen molar-refractivity contribution >= 4 is 27.7 Å². The van der Waals surface area contributed by atoms with Gasteiger partial charge in [-0.3, -0.25) is 0 Å². The van der Waals surface area contributed by atoms with Gasteiger partial charge in [0.1, 0.15) is 0 Å². The number of nitrogens with two attached hydrogens (primary N) is 1. The highest BCUT2D eigenvalue weighted by Gasteiger charge is 2.26. The highest BCUT2D eigenvalue weighted by atomic mass is 79.9. The molecule has 1 heterocycles. The molecule has 1 amide bonds. The van der Waals surface area contributed by atoms with Gasteiger partial charge in [0.15, 0.2) is 0 Å². The lowest BCUT2D eigenvalue weighted by Crippen LogP contribution is -2.37. The van der Waals surface area contributed by atoms with Gasteiger partial charge in [-0.05, 0) is 37.1 Å². The van der Waals surface area contributed by atoms with Crippen molar-refractivity contribution in [3.8, 4) is 0 Å². The second kappa shape index (κ2) is 6.45.